The molecule has 3 heteroatoms. The Morgan fingerprint density at radius 1 is 0.667 bits per heavy atom. The fraction of sp³-hybridized carbons (Fsp3) is 0.200. The molecule has 1 aliphatic heterocycles. The van der Waals surface area contributed by atoms with Gasteiger partial charge in [-0.3, -0.25) is 16.0 Å². The Kier molecular flexibility index (Phi) is 3.37. The van der Waals surface area contributed by atoms with Crippen LogP contribution in [-0.4, -0.2) is 6.67 Å². The largest absolute Gasteiger partial charge is 0.285 e. The van der Waals surface area contributed by atoms with E-state index < -0.39 is 0 Å². The SMILES string of the molecule is c1ccc(C2NCNC(c3ccccc3)N2)cc1. The summed E-state index contributed by atoms with van der Waals surface area (Å²) in [6.45, 7) is 0.798. The lowest BCUT2D eigenvalue weighted by atomic mass is 10.1. The molecule has 2 unspecified atom stereocenters. The highest BCUT2D eigenvalue weighted by atomic mass is 15.3. The molecule has 0 radical (unpaired) electrons. The Morgan fingerprint density at radius 3 is 1.56 bits per heavy atom. The lowest BCUT2D eigenvalue weighted by molar-refractivity contribution is 0.267. The Balaban J connectivity index is 1.77. The Morgan fingerprint density at radius 2 is 1.11 bits per heavy atom. The monoisotopic (exact) mass is 239 g/mol. The molecule has 0 aromatic heterocycles. The average molecular weight is 239 g/mol. The molecule has 1 heterocycles. The van der Waals surface area contributed by atoms with Crippen LogP contribution in [-0.2, 0) is 0 Å². The minimum atomic E-state index is 0.192. The van der Waals surface area contributed by atoms with E-state index in [1.54, 1.807) is 0 Å². The van der Waals surface area contributed by atoms with E-state index in [0.717, 1.165) is 6.67 Å². The van der Waals surface area contributed by atoms with Gasteiger partial charge >= 0.3 is 0 Å². The summed E-state index contributed by atoms with van der Waals surface area (Å²) in [7, 11) is 0. The van der Waals surface area contributed by atoms with Crippen molar-refractivity contribution in [2.24, 2.45) is 0 Å². The first-order valence-electron chi connectivity index (χ1n) is 6.26. The maximum absolute atomic E-state index is 3.56. The van der Waals surface area contributed by atoms with Crippen molar-refractivity contribution in [2.45, 2.75) is 12.3 Å². The molecule has 0 aliphatic carbocycles. The van der Waals surface area contributed by atoms with Gasteiger partial charge in [0.25, 0.3) is 0 Å². The first-order chi connectivity index (χ1) is 8.93. The lowest BCUT2D eigenvalue weighted by Crippen LogP contribution is -2.52. The molecule has 2 atom stereocenters. The third-order valence-corrected chi connectivity index (χ3v) is 3.21. The molecule has 0 spiro atoms. The van der Waals surface area contributed by atoms with Gasteiger partial charge in [-0.1, -0.05) is 60.7 Å². The zero-order valence-corrected chi connectivity index (χ0v) is 10.1. The molecule has 0 amide bonds. The van der Waals surface area contributed by atoms with Gasteiger partial charge in [-0.2, -0.15) is 0 Å². The predicted octanol–water partition coefficient (Wildman–Crippen LogP) is 2.12. The quantitative estimate of drug-likeness (QED) is 0.751. The molecular weight excluding hydrogens is 222 g/mol. The van der Waals surface area contributed by atoms with E-state index in [4.69, 9.17) is 0 Å². The van der Waals surface area contributed by atoms with Gasteiger partial charge in [0.15, 0.2) is 0 Å². The zero-order valence-electron chi connectivity index (χ0n) is 10.1. The third kappa shape index (κ3) is 2.43. The van der Waals surface area contributed by atoms with Gasteiger partial charge in [0.2, 0.25) is 0 Å². The molecule has 0 bridgehead atoms. The van der Waals surface area contributed by atoms with Gasteiger partial charge in [0.1, 0.15) is 0 Å². The van der Waals surface area contributed by atoms with E-state index >= 15 is 0 Å². The van der Waals surface area contributed by atoms with Crippen molar-refractivity contribution in [2.75, 3.05) is 6.67 Å². The van der Waals surface area contributed by atoms with Crippen LogP contribution in [0.4, 0.5) is 0 Å². The minimum absolute atomic E-state index is 0.192. The van der Waals surface area contributed by atoms with Crippen LogP contribution in [0.25, 0.3) is 0 Å². The minimum Gasteiger partial charge on any atom is -0.285 e. The first kappa shape index (κ1) is 11.4. The molecule has 3 N–H and O–H groups in total. The van der Waals surface area contributed by atoms with Crippen molar-refractivity contribution in [3.05, 3.63) is 71.8 Å². The first-order valence-corrected chi connectivity index (χ1v) is 6.26. The summed E-state index contributed by atoms with van der Waals surface area (Å²) in [4.78, 5) is 0. The van der Waals surface area contributed by atoms with Crippen LogP contribution < -0.4 is 16.0 Å². The van der Waals surface area contributed by atoms with Gasteiger partial charge in [-0.15, -0.1) is 0 Å². The van der Waals surface area contributed by atoms with E-state index in [0.29, 0.717) is 0 Å². The van der Waals surface area contributed by atoms with E-state index in [1.165, 1.54) is 11.1 Å². The van der Waals surface area contributed by atoms with Crippen LogP contribution in [0.1, 0.15) is 23.5 Å². The molecule has 0 saturated carbocycles. The molecule has 2 aromatic rings. The van der Waals surface area contributed by atoms with Crippen LogP contribution in [0.3, 0.4) is 0 Å². The standard InChI is InChI=1S/C15H17N3/c1-3-7-12(8-4-1)14-16-11-17-15(18-14)13-9-5-2-6-10-13/h1-10,14-18H,11H2. The topological polar surface area (TPSA) is 36.1 Å². The van der Waals surface area contributed by atoms with Crippen LogP contribution >= 0.6 is 0 Å². The molecule has 1 aliphatic rings. The van der Waals surface area contributed by atoms with Crippen LogP contribution in [0, 0.1) is 0 Å². The summed E-state index contributed by atoms with van der Waals surface area (Å²) in [5.74, 6) is 0. The van der Waals surface area contributed by atoms with Crippen LogP contribution in [0.15, 0.2) is 60.7 Å². The molecule has 3 rings (SSSR count). The number of hydrogen-bond donors (Lipinski definition) is 3. The van der Waals surface area contributed by atoms with E-state index in [1.807, 2.05) is 12.1 Å². The maximum atomic E-state index is 3.56. The van der Waals surface area contributed by atoms with E-state index in [2.05, 4.69) is 64.5 Å². The van der Waals surface area contributed by atoms with Crippen molar-refractivity contribution in [1.29, 1.82) is 0 Å². The van der Waals surface area contributed by atoms with Crippen molar-refractivity contribution < 1.29 is 0 Å². The average Bonchev–Trinajstić information content (AvgIpc) is 2.49. The van der Waals surface area contributed by atoms with Crippen molar-refractivity contribution in [3.63, 3.8) is 0 Å². The van der Waals surface area contributed by atoms with Gasteiger partial charge in [0, 0.05) is 6.67 Å². The number of benzene rings is 2. The summed E-state index contributed by atoms with van der Waals surface area (Å²) in [6.07, 6.45) is 0.385. The third-order valence-electron chi connectivity index (χ3n) is 3.21. The second-order valence-corrected chi connectivity index (χ2v) is 4.44. The van der Waals surface area contributed by atoms with Crippen LogP contribution in [0.2, 0.25) is 0 Å². The summed E-state index contributed by atoms with van der Waals surface area (Å²) in [5, 5.41) is 10.4. The predicted molar refractivity (Wildman–Crippen MR) is 72.6 cm³/mol. The fourth-order valence-corrected chi connectivity index (χ4v) is 2.27. The molecule has 92 valence electrons. The Labute approximate surface area is 107 Å². The summed E-state index contributed by atoms with van der Waals surface area (Å²) < 4.78 is 0. The normalized spacial score (nSPS) is 23.8. The van der Waals surface area contributed by atoms with Gasteiger partial charge in [-0.25, -0.2) is 0 Å². The van der Waals surface area contributed by atoms with Crippen molar-refractivity contribution >= 4 is 0 Å². The van der Waals surface area contributed by atoms with Crippen molar-refractivity contribution in [1.82, 2.24) is 16.0 Å². The lowest BCUT2D eigenvalue weighted by Gasteiger charge is -2.33. The smallest absolute Gasteiger partial charge is 0.0859 e. The zero-order chi connectivity index (χ0) is 12.2. The van der Waals surface area contributed by atoms with E-state index in [9.17, 15) is 0 Å². The molecular formula is C15H17N3. The summed E-state index contributed by atoms with van der Waals surface area (Å²) in [5.41, 5.74) is 2.53. The van der Waals surface area contributed by atoms with Crippen molar-refractivity contribution in [3.8, 4) is 0 Å². The number of hydrogen-bond acceptors (Lipinski definition) is 3. The molecule has 3 nitrogen and oxygen atoms in total. The molecule has 1 saturated heterocycles. The number of rotatable bonds is 2. The molecule has 18 heavy (non-hydrogen) atoms. The van der Waals surface area contributed by atoms with Gasteiger partial charge in [0.05, 0.1) is 12.3 Å². The Bertz CT molecular complexity index is 438. The van der Waals surface area contributed by atoms with E-state index in [-0.39, 0.29) is 12.3 Å². The number of nitrogens with one attached hydrogen (secondary N) is 3. The maximum Gasteiger partial charge on any atom is 0.0859 e. The molecule has 1 fully saturated rings. The Hall–Kier alpha value is -1.68. The highest BCUT2D eigenvalue weighted by molar-refractivity contribution is 5.22. The highest BCUT2D eigenvalue weighted by Gasteiger charge is 2.21. The summed E-state index contributed by atoms with van der Waals surface area (Å²) in [6, 6.07) is 20.9. The van der Waals surface area contributed by atoms with Gasteiger partial charge in [-0.05, 0) is 11.1 Å². The molecule has 2 aromatic carbocycles. The van der Waals surface area contributed by atoms with Gasteiger partial charge < -0.3 is 0 Å². The summed E-state index contributed by atoms with van der Waals surface area (Å²) >= 11 is 0. The van der Waals surface area contributed by atoms with Crippen LogP contribution in [0.5, 0.6) is 0 Å². The second-order valence-electron chi connectivity index (χ2n) is 4.44. The fourth-order valence-electron chi connectivity index (χ4n) is 2.27. The second kappa shape index (κ2) is 5.31. The highest BCUT2D eigenvalue weighted by Crippen LogP contribution is 2.18.